The number of methoxy groups -OCH3 is 1. The summed E-state index contributed by atoms with van der Waals surface area (Å²) in [6.45, 7) is 0.862. The molecule has 2 amide bonds. The maximum absolute atomic E-state index is 14.5. The second-order valence-corrected chi connectivity index (χ2v) is 11.0. The largest absolute Gasteiger partial charge is 0.497 e. The molecule has 1 saturated carbocycles. The second kappa shape index (κ2) is 12.2. The van der Waals surface area contributed by atoms with E-state index in [1.807, 2.05) is 0 Å². The number of amides is 2. The highest BCUT2D eigenvalue weighted by molar-refractivity contribution is 7.92. The Morgan fingerprint density at radius 1 is 1.08 bits per heavy atom. The molecule has 1 fully saturated rings. The molecule has 0 aromatic heterocycles. The average Bonchev–Trinajstić information content (AvgIpc) is 2.86. The molecule has 10 heteroatoms. The summed E-state index contributed by atoms with van der Waals surface area (Å²) in [4.78, 5) is 27.9. The third-order valence-corrected chi connectivity index (χ3v) is 7.60. The van der Waals surface area contributed by atoms with Crippen molar-refractivity contribution in [1.82, 2.24) is 10.2 Å². The lowest BCUT2D eigenvalue weighted by molar-refractivity contribution is -0.139. The first-order valence-corrected chi connectivity index (χ1v) is 13.9. The minimum absolute atomic E-state index is 0.0333. The van der Waals surface area contributed by atoms with E-state index in [9.17, 15) is 22.4 Å². The van der Waals surface area contributed by atoms with Gasteiger partial charge in [-0.2, -0.15) is 0 Å². The highest BCUT2D eigenvalue weighted by Gasteiger charge is 2.31. The van der Waals surface area contributed by atoms with Gasteiger partial charge in [-0.25, -0.2) is 12.8 Å². The van der Waals surface area contributed by atoms with Gasteiger partial charge < -0.3 is 15.0 Å². The van der Waals surface area contributed by atoms with Gasteiger partial charge in [-0.3, -0.25) is 13.9 Å². The number of hydrogen-bond donors (Lipinski definition) is 1. The molecule has 196 valence electrons. The van der Waals surface area contributed by atoms with E-state index in [0.29, 0.717) is 5.75 Å². The Bertz CT molecular complexity index is 1150. The minimum Gasteiger partial charge on any atom is -0.497 e. The summed E-state index contributed by atoms with van der Waals surface area (Å²) in [5, 5.41) is 3.01. The first-order valence-electron chi connectivity index (χ1n) is 12.0. The zero-order valence-corrected chi connectivity index (χ0v) is 21.8. The minimum atomic E-state index is -3.85. The standard InChI is InChI=1S/C26H34FN3O5S/c1-19(26(32)28-21-10-5-4-6-11-21)29(17-20-9-7-8-12-24(20)27)25(31)18-30(36(3,33)34)22-13-15-23(35-2)16-14-22/h7-9,12-16,19,21H,4-6,10-11,17-18H2,1-3H3,(H,28,32)/t19-/m0/s1. The van der Waals surface area contributed by atoms with E-state index in [-0.39, 0.29) is 29.7 Å². The van der Waals surface area contributed by atoms with Gasteiger partial charge >= 0.3 is 0 Å². The lowest BCUT2D eigenvalue weighted by atomic mass is 9.95. The van der Waals surface area contributed by atoms with Gasteiger partial charge in [-0.1, -0.05) is 37.5 Å². The van der Waals surface area contributed by atoms with Crippen molar-refractivity contribution in [2.45, 2.75) is 57.7 Å². The Labute approximate surface area is 212 Å². The van der Waals surface area contributed by atoms with Gasteiger partial charge in [0.1, 0.15) is 24.2 Å². The molecule has 0 spiro atoms. The number of ether oxygens (including phenoxy) is 1. The van der Waals surface area contributed by atoms with Crippen molar-refractivity contribution < 1.29 is 27.1 Å². The van der Waals surface area contributed by atoms with E-state index in [4.69, 9.17) is 4.74 Å². The van der Waals surface area contributed by atoms with Crippen LogP contribution in [0.3, 0.4) is 0 Å². The number of nitrogens with zero attached hydrogens (tertiary/aromatic N) is 2. The van der Waals surface area contributed by atoms with Gasteiger partial charge in [-0.05, 0) is 50.1 Å². The fraction of sp³-hybridized carbons (Fsp3) is 0.462. The smallest absolute Gasteiger partial charge is 0.244 e. The highest BCUT2D eigenvalue weighted by Crippen LogP contribution is 2.23. The molecule has 3 rings (SSSR count). The fourth-order valence-electron chi connectivity index (χ4n) is 4.32. The summed E-state index contributed by atoms with van der Waals surface area (Å²) >= 11 is 0. The van der Waals surface area contributed by atoms with E-state index >= 15 is 0 Å². The molecule has 0 heterocycles. The number of carbonyl (C=O) groups excluding carboxylic acids is 2. The van der Waals surface area contributed by atoms with Crippen LogP contribution in [0.1, 0.15) is 44.6 Å². The quantitative estimate of drug-likeness (QED) is 0.519. The van der Waals surface area contributed by atoms with E-state index in [2.05, 4.69) is 5.32 Å². The molecule has 36 heavy (non-hydrogen) atoms. The number of anilines is 1. The van der Waals surface area contributed by atoms with E-state index < -0.39 is 34.3 Å². The van der Waals surface area contributed by atoms with Crippen LogP contribution in [0.2, 0.25) is 0 Å². The van der Waals surface area contributed by atoms with Crippen molar-refractivity contribution in [1.29, 1.82) is 0 Å². The molecule has 0 bridgehead atoms. The van der Waals surface area contributed by atoms with Crippen LogP contribution in [-0.4, -0.2) is 57.1 Å². The molecule has 0 radical (unpaired) electrons. The summed E-state index contributed by atoms with van der Waals surface area (Å²) in [7, 11) is -2.35. The Hall–Kier alpha value is -3.14. The van der Waals surface area contributed by atoms with Crippen LogP contribution < -0.4 is 14.4 Å². The molecule has 1 aliphatic rings. The van der Waals surface area contributed by atoms with E-state index in [1.54, 1.807) is 37.3 Å². The maximum atomic E-state index is 14.5. The molecule has 2 aromatic rings. The van der Waals surface area contributed by atoms with Gasteiger partial charge in [-0.15, -0.1) is 0 Å². The average molecular weight is 520 g/mol. The van der Waals surface area contributed by atoms with Crippen LogP contribution in [0.5, 0.6) is 5.75 Å². The van der Waals surface area contributed by atoms with Crippen molar-refractivity contribution in [2.75, 3.05) is 24.2 Å². The van der Waals surface area contributed by atoms with Crippen LogP contribution in [0.4, 0.5) is 10.1 Å². The van der Waals surface area contributed by atoms with Crippen LogP contribution >= 0.6 is 0 Å². The lowest BCUT2D eigenvalue weighted by Gasteiger charge is -2.33. The van der Waals surface area contributed by atoms with Crippen molar-refractivity contribution in [3.8, 4) is 5.75 Å². The molecular weight excluding hydrogens is 485 g/mol. The SMILES string of the molecule is COc1ccc(N(CC(=O)N(Cc2ccccc2F)[C@@H](C)C(=O)NC2CCCCC2)S(C)(=O)=O)cc1. The zero-order valence-electron chi connectivity index (χ0n) is 20.9. The predicted molar refractivity (Wildman–Crippen MR) is 137 cm³/mol. The van der Waals surface area contributed by atoms with E-state index in [0.717, 1.165) is 42.7 Å². The third kappa shape index (κ3) is 7.19. The maximum Gasteiger partial charge on any atom is 0.244 e. The lowest BCUT2D eigenvalue weighted by Crippen LogP contribution is -2.53. The number of nitrogens with one attached hydrogen (secondary N) is 1. The Morgan fingerprint density at radius 3 is 2.31 bits per heavy atom. The first kappa shape index (κ1) is 27.4. The molecule has 0 saturated heterocycles. The summed E-state index contributed by atoms with van der Waals surface area (Å²) in [6.07, 6.45) is 5.94. The first-order chi connectivity index (χ1) is 17.1. The van der Waals surface area contributed by atoms with E-state index in [1.165, 1.54) is 30.2 Å². The number of benzene rings is 2. The summed E-state index contributed by atoms with van der Waals surface area (Å²) in [5.41, 5.74) is 0.510. The molecule has 8 nitrogen and oxygen atoms in total. The number of sulfonamides is 1. The topological polar surface area (TPSA) is 96.0 Å². The monoisotopic (exact) mass is 519 g/mol. The van der Waals surface area contributed by atoms with Gasteiger partial charge in [0.2, 0.25) is 21.8 Å². The van der Waals surface area contributed by atoms with Crippen LogP contribution in [-0.2, 0) is 26.2 Å². The molecule has 1 N–H and O–H groups in total. The van der Waals surface area contributed by atoms with Crippen LogP contribution in [0.25, 0.3) is 0 Å². The summed E-state index contributed by atoms with van der Waals surface area (Å²) < 4.78 is 45.8. The van der Waals surface area contributed by atoms with Crippen molar-refractivity contribution in [2.24, 2.45) is 0 Å². The molecule has 2 aromatic carbocycles. The Balaban J connectivity index is 1.87. The third-order valence-electron chi connectivity index (χ3n) is 6.46. The van der Waals surface area contributed by atoms with Crippen molar-refractivity contribution in [3.63, 3.8) is 0 Å². The zero-order chi connectivity index (χ0) is 26.3. The molecule has 1 aliphatic carbocycles. The molecule has 1 atom stereocenters. The van der Waals surface area contributed by atoms with Crippen LogP contribution in [0.15, 0.2) is 48.5 Å². The Kier molecular flexibility index (Phi) is 9.31. The van der Waals surface area contributed by atoms with Gasteiger partial charge in [0.05, 0.1) is 19.1 Å². The van der Waals surface area contributed by atoms with Gasteiger partial charge in [0.25, 0.3) is 0 Å². The number of carbonyl (C=O) groups is 2. The highest BCUT2D eigenvalue weighted by atomic mass is 32.2. The normalized spacial score (nSPS) is 15.1. The summed E-state index contributed by atoms with van der Waals surface area (Å²) in [6, 6.07) is 11.4. The molecular formula is C26H34FN3O5S. The number of hydrogen-bond acceptors (Lipinski definition) is 5. The predicted octanol–water partition coefficient (Wildman–Crippen LogP) is 3.47. The fourth-order valence-corrected chi connectivity index (χ4v) is 5.17. The second-order valence-electron chi connectivity index (χ2n) is 9.10. The Morgan fingerprint density at radius 2 is 1.72 bits per heavy atom. The van der Waals surface area contributed by atoms with Gasteiger partial charge in [0, 0.05) is 18.2 Å². The van der Waals surface area contributed by atoms with Crippen molar-refractivity contribution >= 4 is 27.5 Å². The number of halogens is 1. The van der Waals surface area contributed by atoms with Gasteiger partial charge in [0.15, 0.2) is 0 Å². The number of rotatable bonds is 10. The molecule has 0 unspecified atom stereocenters. The summed E-state index contributed by atoms with van der Waals surface area (Å²) in [5.74, 6) is -0.939. The van der Waals surface area contributed by atoms with Crippen LogP contribution in [0, 0.1) is 5.82 Å². The molecule has 0 aliphatic heterocycles. The van der Waals surface area contributed by atoms with Crippen molar-refractivity contribution in [3.05, 3.63) is 59.9 Å².